The molecule has 0 amide bonds. The summed E-state index contributed by atoms with van der Waals surface area (Å²) in [6.07, 6.45) is 0. The number of benzene rings is 1. The summed E-state index contributed by atoms with van der Waals surface area (Å²) in [6.45, 7) is 3.62. The third kappa shape index (κ3) is 2.04. The second-order valence-corrected chi connectivity index (χ2v) is 3.84. The Hall–Kier alpha value is -1.09. The van der Waals surface area contributed by atoms with Gasteiger partial charge in [0.25, 0.3) is 0 Å². The first-order valence-electron chi connectivity index (χ1n) is 4.66. The Bertz CT molecular complexity index is 299. The van der Waals surface area contributed by atoms with Crippen LogP contribution in [-0.2, 0) is 0 Å². The average Bonchev–Trinajstić information content (AvgIpc) is 2.08. The van der Waals surface area contributed by atoms with Crippen LogP contribution in [0.25, 0.3) is 0 Å². The summed E-state index contributed by atoms with van der Waals surface area (Å²) in [5.74, 6) is -0.192. The number of halogens is 1. The van der Waals surface area contributed by atoms with Crippen LogP contribution in [0.3, 0.4) is 0 Å². The Morgan fingerprint density at radius 3 is 2.36 bits per heavy atom. The van der Waals surface area contributed by atoms with E-state index in [0.29, 0.717) is 5.56 Å². The topological polar surface area (TPSA) is 29.3 Å². The van der Waals surface area contributed by atoms with Crippen LogP contribution in [0.2, 0.25) is 0 Å². The summed E-state index contributed by atoms with van der Waals surface area (Å²) < 4.78 is 13.3. The van der Waals surface area contributed by atoms with Gasteiger partial charge in [-0.1, -0.05) is 0 Å². The van der Waals surface area contributed by atoms with E-state index in [1.807, 2.05) is 32.0 Å². The fourth-order valence-electron chi connectivity index (χ4n) is 1.43. The monoisotopic (exact) mass is 196 g/mol. The molecule has 1 rings (SSSR count). The summed E-state index contributed by atoms with van der Waals surface area (Å²) in [6, 6.07) is 3.20. The van der Waals surface area contributed by atoms with Crippen molar-refractivity contribution in [2.24, 2.45) is 5.73 Å². The Labute approximate surface area is 84.5 Å². The minimum Gasteiger partial charge on any atom is -0.377 e. The predicted octanol–water partition coefficient (Wildman–Crippen LogP) is 2.22. The SMILES string of the molecule is Cc1cc(N(C)C)c([C@@H](C)N)cc1F. The predicted molar refractivity (Wildman–Crippen MR) is 58.1 cm³/mol. The van der Waals surface area contributed by atoms with Gasteiger partial charge < -0.3 is 10.6 Å². The van der Waals surface area contributed by atoms with Crippen LogP contribution in [0.15, 0.2) is 12.1 Å². The molecule has 2 nitrogen and oxygen atoms in total. The molecule has 0 unspecified atom stereocenters. The molecule has 0 heterocycles. The molecule has 0 aliphatic carbocycles. The first-order valence-corrected chi connectivity index (χ1v) is 4.66. The Kier molecular flexibility index (Phi) is 3.11. The van der Waals surface area contributed by atoms with Crippen molar-refractivity contribution in [3.8, 4) is 0 Å². The summed E-state index contributed by atoms with van der Waals surface area (Å²) in [4.78, 5) is 1.95. The standard InChI is InChI=1S/C11H17FN2/c1-7-5-11(14(3)4)9(8(2)13)6-10(7)12/h5-6,8H,13H2,1-4H3/t8-/m1/s1. The van der Waals surface area contributed by atoms with Crippen LogP contribution in [-0.4, -0.2) is 14.1 Å². The van der Waals surface area contributed by atoms with E-state index in [0.717, 1.165) is 11.3 Å². The second kappa shape index (κ2) is 3.96. The van der Waals surface area contributed by atoms with Gasteiger partial charge in [-0.3, -0.25) is 0 Å². The molecular weight excluding hydrogens is 179 g/mol. The van der Waals surface area contributed by atoms with E-state index in [2.05, 4.69) is 0 Å². The molecule has 14 heavy (non-hydrogen) atoms. The molecule has 1 atom stereocenters. The number of hydrogen-bond donors (Lipinski definition) is 1. The molecule has 0 saturated carbocycles. The molecule has 3 heteroatoms. The number of aryl methyl sites for hydroxylation is 1. The average molecular weight is 196 g/mol. The lowest BCUT2D eigenvalue weighted by molar-refractivity contribution is 0.613. The highest BCUT2D eigenvalue weighted by Crippen LogP contribution is 2.26. The van der Waals surface area contributed by atoms with Gasteiger partial charge in [-0.15, -0.1) is 0 Å². The van der Waals surface area contributed by atoms with Gasteiger partial charge in [0.1, 0.15) is 5.82 Å². The fraction of sp³-hybridized carbons (Fsp3) is 0.455. The largest absolute Gasteiger partial charge is 0.377 e. The first-order chi connectivity index (χ1) is 6.43. The molecule has 0 fully saturated rings. The number of anilines is 1. The molecule has 78 valence electrons. The molecule has 0 bridgehead atoms. The second-order valence-electron chi connectivity index (χ2n) is 3.84. The highest BCUT2D eigenvalue weighted by atomic mass is 19.1. The molecule has 0 radical (unpaired) electrons. The third-order valence-corrected chi connectivity index (χ3v) is 2.28. The zero-order valence-electron chi connectivity index (χ0n) is 9.13. The molecule has 1 aromatic carbocycles. The van der Waals surface area contributed by atoms with Crippen molar-refractivity contribution < 1.29 is 4.39 Å². The van der Waals surface area contributed by atoms with Crippen molar-refractivity contribution in [1.82, 2.24) is 0 Å². The van der Waals surface area contributed by atoms with Crippen molar-refractivity contribution in [2.75, 3.05) is 19.0 Å². The minimum absolute atomic E-state index is 0.150. The van der Waals surface area contributed by atoms with Crippen LogP contribution >= 0.6 is 0 Å². The zero-order valence-corrected chi connectivity index (χ0v) is 9.13. The van der Waals surface area contributed by atoms with Crippen molar-refractivity contribution in [3.05, 3.63) is 29.1 Å². The van der Waals surface area contributed by atoms with Gasteiger partial charge in [-0.05, 0) is 37.1 Å². The number of nitrogens with two attached hydrogens (primary N) is 1. The number of nitrogens with zero attached hydrogens (tertiary/aromatic N) is 1. The van der Waals surface area contributed by atoms with E-state index < -0.39 is 0 Å². The quantitative estimate of drug-likeness (QED) is 0.785. The van der Waals surface area contributed by atoms with E-state index in [9.17, 15) is 4.39 Å². The van der Waals surface area contributed by atoms with Crippen LogP contribution in [0, 0.1) is 12.7 Å². The third-order valence-electron chi connectivity index (χ3n) is 2.28. The maximum atomic E-state index is 13.3. The van der Waals surface area contributed by atoms with Gasteiger partial charge in [0.05, 0.1) is 0 Å². The van der Waals surface area contributed by atoms with E-state index in [-0.39, 0.29) is 11.9 Å². The summed E-state index contributed by atoms with van der Waals surface area (Å²) in [7, 11) is 3.86. The van der Waals surface area contributed by atoms with E-state index in [1.165, 1.54) is 6.07 Å². The van der Waals surface area contributed by atoms with Crippen molar-refractivity contribution >= 4 is 5.69 Å². The molecular formula is C11H17FN2. The molecule has 0 saturated heterocycles. The maximum Gasteiger partial charge on any atom is 0.126 e. The number of hydrogen-bond acceptors (Lipinski definition) is 2. The molecule has 0 aliphatic rings. The highest BCUT2D eigenvalue weighted by molar-refractivity contribution is 5.56. The summed E-state index contributed by atoms with van der Waals surface area (Å²) >= 11 is 0. The normalized spacial score (nSPS) is 12.7. The zero-order chi connectivity index (χ0) is 10.9. The molecule has 1 aromatic rings. The molecule has 0 aliphatic heterocycles. The smallest absolute Gasteiger partial charge is 0.126 e. The van der Waals surface area contributed by atoms with Gasteiger partial charge in [-0.2, -0.15) is 0 Å². The van der Waals surface area contributed by atoms with Gasteiger partial charge >= 0.3 is 0 Å². The molecule has 0 aromatic heterocycles. The first kappa shape index (κ1) is 11.0. The van der Waals surface area contributed by atoms with Crippen molar-refractivity contribution in [1.29, 1.82) is 0 Å². The van der Waals surface area contributed by atoms with Crippen molar-refractivity contribution in [3.63, 3.8) is 0 Å². The fourth-order valence-corrected chi connectivity index (χ4v) is 1.43. The van der Waals surface area contributed by atoms with Crippen LogP contribution < -0.4 is 10.6 Å². The van der Waals surface area contributed by atoms with E-state index >= 15 is 0 Å². The lowest BCUT2D eigenvalue weighted by atomic mass is 10.0. The van der Waals surface area contributed by atoms with Crippen LogP contribution in [0.4, 0.5) is 10.1 Å². The summed E-state index contributed by atoms with van der Waals surface area (Å²) in [5.41, 5.74) is 8.26. The molecule has 2 N–H and O–H groups in total. The Morgan fingerprint density at radius 2 is 1.93 bits per heavy atom. The minimum atomic E-state index is -0.192. The van der Waals surface area contributed by atoms with E-state index in [4.69, 9.17) is 5.73 Å². The van der Waals surface area contributed by atoms with Gasteiger partial charge in [0, 0.05) is 25.8 Å². The van der Waals surface area contributed by atoms with Crippen molar-refractivity contribution in [2.45, 2.75) is 19.9 Å². The Balaban J connectivity index is 3.31. The van der Waals surface area contributed by atoms with Crippen LogP contribution in [0.5, 0.6) is 0 Å². The van der Waals surface area contributed by atoms with Gasteiger partial charge in [0.15, 0.2) is 0 Å². The number of rotatable bonds is 2. The summed E-state index contributed by atoms with van der Waals surface area (Å²) in [5, 5.41) is 0. The van der Waals surface area contributed by atoms with E-state index in [1.54, 1.807) is 6.92 Å². The Morgan fingerprint density at radius 1 is 1.36 bits per heavy atom. The lowest BCUT2D eigenvalue weighted by Crippen LogP contribution is -2.16. The van der Waals surface area contributed by atoms with Gasteiger partial charge in [0.2, 0.25) is 0 Å². The highest BCUT2D eigenvalue weighted by Gasteiger charge is 2.11. The van der Waals surface area contributed by atoms with Gasteiger partial charge in [-0.25, -0.2) is 4.39 Å². The maximum absolute atomic E-state index is 13.3. The van der Waals surface area contributed by atoms with Crippen LogP contribution in [0.1, 0.15) is 24.1 Å². The lowest BCUT2D eigenvalue weighted by Gasteiger charge is -2.20. The molecule has 0 spiro atoms.